The van der Waals surface area contributed by atoms with Crippen LogP contribution in [-0.4, -0.2) is 9.97 Å². The molecular weight excluding hydrogens is 236 g/mol. The van der Waals surface area contributed by atoms with Crippen LogP contribution < -0.4 is 0 Å². The van der Waals surface area contributed by atoms with Gasteiger partial charge in [0.1, 0.15) is 5.01 Å². The van der Waals surface area contributed by atoms with Crippen LogP contribution in [0.2, 0.25) is 0 Å². The Morgan fingerprint density at radius 2 is 2.25 bits per heavy atom. The van der Waals surface area contributed by atoms with Gasteiger partial charge in [-0.1, -0.05) is 0 Å². The molecule has 2 aromatic rings. The molecular formula is C8H5BrN2S. The number of aromatic nitrogens is 2. The third-order valence-electron chi connectivity index (χ3n) is 1.43. The Balaban J connectivity index is 2.55. The zero-order valence-corrected chi connectivity index (χ0v) is 8.47. The van der Waals surface area contributed by atoms with Crippen LogP contribution in [0.15, 0.2) is 34.5 Å². The molecule has 0 radical (unpaired) electrons. The topological polar surface area (TPSA) is 25.8 Å². The summed E-state index contributed by atoms with van der Waals surface area (Å²) in [7, 11) is 0. The van der Waals surface area contributed by atoms with E-state index in [1.54, 1.807) is 23.7 Å². The van der Waals surface area contributed by atoms with Crippen LogP contribution in [0.4, 0.5) is 0 Å². The molecule has 0 saturated heterocycles. The van der Waals surface area contributed by atoms with Crippen molar-refractivity contribution in [1.82, 2.24) is 9.97 Å². The van der Waals surface area contributed by atoms with Crippen molar-refractivity contribution in [3.63, 3.8) is 0 Å². The predicted octanol–water partition coefficient (Wildman–Crippen LogP) is 2.97. The van der Waals surface area contributed by atoms with Gasteiger partial charge < -0.3 is 0 Å². The Labute approximate surface area is 82.4 Å². The maximum absolute atomic E-state index is 4.20. The van der Waals surface area contributed by atoms with E-state index >= 15 is 0 Å². The van der Waals surface area contributed by atoms with Crippen LogP contribution >= 0.6 is 27.3 Å². The van der Waals surface area contributed by atoms with Gasteiger partial charge in [-0.15, -0.1) is 11.3 Å². The molecule has 2 nitrogen and oxygen atoms in total. The van der Waals surface area contributed by atoms with Gasteiger partial charge in [-0.3, -0.25) is 4.98 Å². The zero-order chi connectivity index (χ0) is 8.39. The van der Waals surface area contributed by atoms with E-state index in [-0.39, 0.29) is 0 Å². The SMILES string of the molecule is Brc1ccncc1-c1nccs1. The van der Waals surface area contributed by atoms with E-state index in [2.05, 4.69) is 25.9 Å². The summed E-state index contributed by atoms with van der Waals surface area (Å²) >= 11 is 5.05. The number of hydrogen-bond acceptors (Lipinski definition) is 3. The highest BCUT2D eigenvalue weighted by atomic mass is 79.9. The third-order valence-corrected chi connectivity index (χ3v) is 2.93. The van der Waals surface area contributed by atoms with E-state index in [4.69, 9.17) is 0 Å². The first kappa shape index (κ1) is 7.89. The summed E-state index contributed by atoms with van der Waals surface area (Å²) in [6, 6.07) is 1.91. The van der Waals surface area contributed by atoms with Crippen LogP contribution in [0.25, 0.3) is 10.6 Å². The lowest BCUT2D eigenvalue weighted by atomic mass is 10.3. The third kappa shape index (κ3) is 1.40. The van der Waals surface area contributed by atoms with Crippen LogP contribution in [0.5, 0.6) is 0 Å². The second-order valence-electron chi connectivity index (χ2n) is 2.19. The fourth-order valence-electron chi connectivity index (χ4n) is 0.891. The van der Waals surface area contributed by atoms with Crippen molar-refractivity contribution in [2.75, 3.05) is 0 Å². The molecule has 0 unspecified atom stereocenters. The van der Waals surface area contributed by atoms with Crippen LogP contribution in [-0.2, 0) is 0 Å². The molecule has 0 spiro atoms. The molecule has 0 amide bonds. The van der Waals surface area contributed by atoms with Crippen LogP contribution in [0, 0.1) is 0 Å². The molecule has 0 N–H and O–H groups in total. The summed E-state index contributed by atoms with van der Waals surface area (Å²) in [5, 5.41) is 2.95. The van der Waals surface area contributed by atoms with Gasteiger partial charge >= 0.3 is 0 Å². The van der Waals surface area contributed by atoms with Gasteiger partial charge in [-0.05, 0) is 22.0 Å². The minimum absolute atomic E-state index is 0.995. The molecule has 0 aliphatic carbocycles. The lowest BCUT2D eigenvalue weighted by molar-refractivity contribution is 1.30. The summed E-state index contributed by atoms with van der Waals surface area (Å²) in [5.41, 5.74) is 1.05. The van der Waals surface area contributed by atoms with E-state index in [1.165, 1.54) is 0 Å². The number of nitrogens with zero attached hydrogens (tertiary/aromatic N) is 2. The lowest BCUT2D eigenvalue weighted by Crippen LogP contribution is -1.79. The molecule has 0 fully saturated rings. The van der Waals surface area contributed by atoms with Gasteiger partial charge in [0.05, 0.1) is 0 Å². The zero-order valence-electron chi connectivity index (χ0n) is 6.07. The Morgan fingerprint density at radius 3 is 2.92 bits per heavy atom. The first-order valence-electron chi connectivity index (χ1n) is 3.37. The largest absolute Gasteiger partial charge is 0.264 e. The van der Waals surface area contributed by atoms with Crippen molar-refractivity contribution in [3.05, 3.63) is 34.5 Å². The first-order chi connectivity index (χ1) is 5.88. The Morgan fingerprint density at radius 1 is 1.33 bits per heavy atom. The van der Waals surface area contributed by atoms with Gasteiger partial charge in [0, 0.05) is 34.0 Å². The maximum atomic E-state index is 4.20. The molecule has 2 rings (SSSR count). The maximum Gasteiger partial charge on any atom is 0.125 e. The standard InChI is InChI=1S/C8H5BrN2S/c9-7-1-2-10-5-6(7)8-11-3-4-12-8/h1-5H. The predicted molar refractivity (Wildman–Crippen MR) is 53.0 cm³/mol. The van der Waals surface area contributed by atoms with Gasteiger partial charge in [0.2, 0.25) is 0 Å². The summed E-state index contributed by atoms with van der Waals surface area (Å²) < 4.78 is 1.03. The lowest BCUT2D eigenvalue weighted by Gasteiger charge is -1.96. The highest BCUT2D eigenvalue weighted by molar-refractivity contribution is 9.10. The summed E-state index contributed by atoms with van der Waals surface area (Å²) in [6.45, 7) is 0. The monoisotopic (exact) mass is 240 g/mol. The van der Waals surface area contributed by atoms with Crippen molar-refractivity contribution < 1.29 is 0 Å². The van der Waals surface area contributed by atoms with Crippen molar-refractivity contribution in [2.24, 2.45) is 0 Å². The molecule has 0 atom stereocenters. The van der Waals surface area contributed by atoms with Crippen molar-refractivity contribution in [3.8, 4) is 10.6 Å². The number of hydrogen-bond donors (Lipinski definition) is 0. The highest BCUT2D eigenvalue weighted by Gasteiger charge is 2.03. The molecule has 0 saturated carbocycles. The van der Waals surface area contributed by atoms with E-state index in [1.807, 2.05) is 17.6 Å². The van der Waals surface area contributed by atoms with E-state index < -0.39 is 0 Å². The molecule has 4 heteroatoms. The quantitative estimate of drug-likeness (QED) is 0.767. The van der Waals surface area contributed by atoms with Crippen molar-refractivity contribution in [2.45, 2.75) is 0 Å². The number of thiazole rings is 1. The molecule has 2 aromatic heterocycles. The summed E-state index contributed by atoms with van der Waals surface area (Å²) in [5.74, 6) is 0. The fraction of sp³-hybridized carbons (Fsp3) is 0. The molecule has 0 bridgehead atoms. The average molecular weight is 241 g/mol. The number of pyridine rings is 1. The molecule has 0 aliphatic rings. The van der Waals surface area contributed by atoms with E-state index in [0.29, 0.717) is 0 Å². The van der Waals surface area contributed by atoms with Crippen LogP contribution in [0.1, 0.15) is 0 Å². The second-order valence-corrected chi connectivity index (χ2v) is 3.94. The summed E-state index contributed by atoms with van der Waals surface area (Å²) in [6.07, 6.45) is 5.35. The van der Waals surface area contributed by atoms with Crippen molar-refractivity contribution in [1.29, 1.82) is 0 Å². The highest BCUT2D eigenvalue weighted by Crippen LogP contribution is 2.27. The minimum Gasteiger partial charge on any atom is -0.264 e. The first-order valence-corrected chi connectivity index (χ1v) is 5.04. The van der Waals surface area contributed by atoms with Crippen LogP contribution in [0.3, 0.4) is 0 Å². The number of halogens is 1. The second kappa shape index (κ2) is 3.33. The van der Waals surface area contributed by atoms with E-state index in [9.17, 15) is 0 Å². The van der Waals surface area contributed by atoms with Gasteiger partial charge in [-0.2, -0.15) is 0 Å². The molecule has 0 aromatic carbocycles. The van der Waals surface area contributed by atoms with Crippen molar-refractivity contribution >= 4 is 27.3 Å². The minimum atomic E-state index is 0.995. The Hall–Kier alpha value is -0.740. The molecule has 2 heterocycles. The average Bonchev–Trinajstić information content (AvgIpc) is 2.57. The van der Waals surface area contributed by atoms with Gasteiger partial charge in [0.25, 0.3) is 0 Å². The molecule has 0 aliphatic heterocycles. The molecule has 12 heavy (non-hydrogen) atoms. The van der Waals surface area contributed by atoms with Gasteiger partial charge in [0.15, 0.2) is 0 Å². The van der Waals surface area contributed by atoms with E-state index in [0.717, 1.165) is 15.0 Å². The Kier molecular flexibility index (Phi) is 2.19. The number of rotatable bonds is 1. The normalized spacial score (nSPS) is 10.1. The fourth-order valence-corrected chi connectivity index (χ4v) is 2.09. The van der Waals surface area contributed by atoms with Gasteiger partial charge in [-0.25, -0.2) is 4.98 Å². The molecule has 60 valence electrons. The summed E-state index contributed by atoms with van der Waals surface area (Å²) in [4.78, 5) is 8.23. The smallest absolute Gasteiger partial charge is 0.125 e. The Bertz CT molecular complexity index is 372.